The van der Waals surface area contributed by atoms with Crippen LogP contribution in [0.3, 0.4) is 0 Å². The zero-order valence-corrected chi connectivity index (χ0v) is 16.6. The van der Waals surface area contributed by atoms with Crippen LogP contribution in [0.25, 0.3) is 11.4 Å². The van der Waals surface area contributed by atoms with Gasteiger partial charge in [-0.25, -0.2) is 0 Å². The lowest BCUT2D eigenvalue weighted by molar-refractivity contribution is 0.0729. The van der Waals surface area contributed by atoms with E-state index >= 15 is 0 Å². The maximum atomic E-state index is 12.7. The Kier molecular flexibility index (Phi) is 4.66. The highest BCUT2D eigenvalue weighted by atomic mass is 16.5. The third kappa shape index (κ3) is 3.34. The maximum Gasteiger partial charge on any atom is 0.270 e. The minimum absolute atomic E-state index is 0.0157. The lowest BCUT2D eigenvalue weighted by Crippen LogP contribution is -2.36. The molecular weight excluding hydrogens is 366 g/mol. The molecular formula is C22H25N5O2. The first kappa shape index (κ1) is 18.1. The summed E-state index contributed by atoms with van der Waals surface area (Å²) >= 11 is 0. The van der Waals surface area contributed by atoms with Crippen molar-refractivity contribution in [1.82, 2.24) is 25.0 Å². The van der Waals surface area contributed by atoms with E-state index in [1.165, 1.54) is 24.8 Å². The molecule has 3 aromatic heterocycles. The highest BCUT2D eigenvalue weighted by Gasteiger charge is 2.28. The predicted molar refractivity (Wildman–Crippen MR) is 107 cm³/mol. The van der Waals surface area contributed by atoms with Crippen molar-refractivity contribution in [3.63, 3.8) is 0 Å². The van der Waals surface area contributed by atoms with Crippen molar-refractivity contribution in [1.29, 1.82) is 0 Å². The third-order valence-corrected chi connectivity index (χ3v) is 6.19. The molecule has 0 unspecified atom stereocenters. The highest BCUT2D eigenvalue weighted by Crippen LogP contribution is 2.35. The minimum Gasteiger partial charge on any atom is -0.357 e. The van der Waals surface area contributed by atoms with Crippen LogP contribution in [0.2, 0.25) is 0 Å². The molecule has 1 N–H and O–H groups in total. The number of aryl methyl sites for hydroxylation is 1. The molecule has 7 nitrogen and oxygen atoms in total. The average molecular weight is 391 g/mol. The number of carbonyl (C=O) groups is 1. The van der Waals surface area contributed by atoms with Gasteiger partial charge in [-0.3, -0.25) is 9.78 Å². The van der Waals surface area contributed by atoms with Gasteiger partial charge in [0.2, 0.25) is 11.7 Å². The molecule has 1 aliphatic heterocycles. The van der Waals surface area contributed by atoms with Gasteiger partial charge in [0.25, 0.3) is 5.91 Å². The molecule has 29 heavy (non-hydrogen) atoms. The van der Waals surface area contributed by atoms with Gasteiger partial charge < -0.3 is 14.4 Å². The predicted octanol–water partition coefficient (Wildman–Crippen LogP) is 4.01. The van der Waals surface area contributed by atoms with Crippen LogP contribution >= 0.6 is 0 Å². The fourth-order valence-electron chi connectivity index (χ4n) is 4.61. The second-order valence-corrected chi connectivity index (χ2v) is 8.07. The van der Waals surface area contributed by atoms with E-state index in [-0.39, 0.29) is 5.91 Å². The summed E-state index contributed by atoms with van der Waals surface area (Å²) in [7, 11) is 0. The number of hydrogen-bond donors (Lipinski definition) is 1. The van der Waals surface area contributed by atoms with Crippen molar-refractivity contribution in [3.8, 4) is 11.4 Å². The number of H-pyrrole nitrogens is 1. The standard InChI is InChI=1S/C22H25N5O2/c1-14-19(20-25-21(29-26-20)15-6-3-2-4-7-15)17-9-11-27(13-16(17)12-24-14)22(28)18-8-5-10-23-18/h5,8,10,12,15,23H,2-4,6-7,9,11,13H2,1H3. The Bertz CT molecular complexity index is 1020. The molecule has 0 bridgehead atoms. The number of nitrogens with zero attached hydrogens (tertiary/aromatic N) is 4. The topological polar surface area (TPSA) is 87.9 Å². The zero-order valence-electron chi connectivity index (χ0n) is 16.6. The Balaban J connectivity index is 1.43. The van der Waals surface area contributed by atoms with E-state index in [1.54, 1.807) is 6.20 Å². The maximum absolute atomic E-state index is 12.7. The molecule has 1 saturated carbocycles. The first-order valence-electron chi connectivity index (χ1n) is 10.4. The van der Waals surface area contributed by atoms with Crippen molar-refractivity contribution in [2.45, 2.75) is 57.9 Å². The van der Waals surface area contributed by atoms with Crippen LogP contribution < -0.4 is 0 Å². The van der Waals surface area contributed by atoms with Gasteiger partial charge >= 0.3 is 0 Å². The largest absolute Gasteiger partial charge is 0.357 e. The normalized spacial score (nSPS) is 17.3. The van der Waals surface area contributed by atoms with Gasteiger partial charge in [0.05, 0.1) is 0 Å². The average Bonchev–Trinajstić information content (AvgIpc) is 3.46. The second kappa shape index (κ2) is 7.46. The molecule has 1 aliphatic carbocycles. The first-order valence-corrected chi connectivity index (χ1v) is 10.4. The number of fused-ring (bicyclic) bond motifs is 1. The fraction of sp³-hybridized carbons (Fsp3) is 0.455. The van der Waals surface area contributed by atoms with Crippen LogP contribution in [0, 0.1) is 6.92 Å². The summed E-state index contributed by atoms with van der Waals surface area (Å²) in [6.07, 6.45) is 10.4. The number of aromatic nitrogens is 4. The van der Waals surface area contributed by atoms with Gasteiger partial charge in [-0.15, -0.1) is 0 Å². The highest BCUT2D eigenvalue weighted by molar-refractivity contribution is 5.92. The van der Waals surface area contributed by atoms with Crippen molar-refractivity contribution in [3.05, 3.63) is 52.9 Å². The molecule has 3 aromatic rings. The summed E-state index contributed by atoms with van der Waals surface area (Å²) in [4.78, 5) is 26.9. The molecule has 1 amide bonds. The lowest BCUT2D eigenvalue weighted by Gasteiger charge is -2.29. The third-order valence-electron chi connectivity index (χ3n) is 6.19. The molecule has 0 atom stereocenters. The number of rotatable bonds is 3. The first-order chi connectivity index (χ1) is 14.2. The summed E-state index contributed by atoms with van der Waals surface area (Å²) < 4.78 is 5.66. The SMILES string of the molecule is Cc1ncc2c(c1-c1noc(C3CCCCC3)n1)CCN(C(=O)c1ccc[nH]1)C2. The van der Waals surface area contributed by atoms with Crippen LogP contribution in [0.15, 0.2) is 29.0 Å². The van der Waals surface area contributed by atoms with Crippen molar-refractivity contribution >= 4 is 5.91 Å². The molecule has 0 radical (unpaired) electrons. The van der Waals surface area contributed by atoms with Crippen molar-refractivity contribution in [2.24, 2.45) is 0 Å². The van der Waals surface area contributed by atoms with Gasteiger partial charge in [0, 0.05) is 42.7 Å². The Morgan fingerprint density at radius 1 is 1.28 bits per heavy atom. The summed E-state index contributed by atoms with van der Waals surface area (Å²) in [5.74, 6) is 1.79. The number of hydrogen-bond acceptors (Lipinski definition) is 5. The van der Waals surface area contributed by atoms with Crippen molar-refractivity contribution in [2.75, 3.05) is 6.54 Å². The molecule has 150 valence electrons. The van der Waals surface area contributed by atoms with Gasteiger partial charge in [0.1, 0.15) is 5.69 Å². The number of carbonyl (C=O) groups excluding carboxylic acids is 1. The molecule has 1 fully saturated rings. The number of amides is 1. The second-order valence-electron chi connectivity index (χ2n) is 8.07. The van der Waals surface area contributed by atoms with Crippen LogP contribution in [0.4, 0.5) is 0 Å². The van der Waals surface area contributed by atoms with E-state index in [1.807, 2.05) is 30.2 Å². The Morgan fingerprint density at radius 2 is 2.14 bits per heavy atom. The molecule has 0 aromatic carbocycles. The van der Waals surface area contributed by atoms with Gasteiger partial charge in [-0.1, -0.05) is 24.4 Å². The quantitative estimate of drug-likeness (QED) is 0.729. The van der Waals surface area contributed by atoms with E-state index in [0.29, 0.717) is 30.5 Å². The lowest BCUT2D eigenvalue weighted by atomic mass is 9.89. The molecule has 0 spiro atoms. The van der Waals surface area contributed by atoms with Crippen LogP contribution in [0.1, 0.15) is 71.2 Å². The Morgan fingerprint density at radius 3 is 2.93 bits per heavy atom. The summed E-state index contributed by atoms with van der Waals surface area (Å²) in [6.45, 7) is 3.19. The summed E-state index contributed by atoms with van der Waals surface area (Å²) in [5, 5.41) is 4.31. The van der Waals surface area contributed by atoms with Crippen LogP contribution in [-0.4, -0.2) is 37.5 Å². The van der Waals surface area contributed by atoms with E-state index in [4.69, 9.17) is 9.51 Å². The van der Waals surface area contributed by atoms with Gasteiger partial charge in [-0.05, 0) is 49.4 Å². The fourth-order valence-corrected chi connectivity index (χ4v) is 4.61. The monoisotopic (exact) mass is 391 g/mol. The number of nitrogens with one attached hydrogen (secondary N) is 1. The van der Waals surface area contributed by atoms with Crippen LogP contribution in [-0.2, 0) is 13.0 Å². The Hall–Kier alpha value is -2.96. The summed E-state index contributed by atoms with van der Waals surface area (Å²) in [6, 6.07) is 3.65. The van der Waals surface area contributed by atoms with Crippen LogP contribution in [0.5, 0.6) is 0 Å². The summed E-state index contributed by atoms with van der Waals surface area (Å²) in [5.41, 5.74) is 4.73. The smallest absolute Gasteiger partial charge is 0.270 e. The number of aromatic amines is 1. The Labute approximate surface area is 169 Å². The number of pyridine rings is 1. The molecule has 7 heteroatoms. The minimum atomic E-state index is 0.0157. The van der Waals surface area contributed by atoms with E-state index < -0.39 is 0 Å². The van der Waals surface area contributed by atoms with Crippen molar-refractivity contribution < 1.29 is 9.32 Å². The van der Waals surface area contributed by atoms with E-state index in [2.05, 4.69) is 15.1 Å². The molecule has 4 heterocycles. The molecule has 5 rings (SSSR count). The van der Waals surface area contributed by atoms with Gasteiger partial charge in [0.15, 0.2) is 0 Å². The van der Waals surface area contributed by atoms with E-state index in [0.717, 1.165) is 42.0 Å². The molecule has 2 aliphatic rings. The van der Waals surface area contributed by atoms with Gasteiger partial charge in [-0.2, -0.15) is 4.98 Å². The van der Waals surface area contributed by atoms with E-state index in [9.17, 15) is 4.79 Å². The zero-order chi connectivity index (χ0) is 19.8. The molecule has 0 saturated heterocycles.